The highest BCUT2D eigenvalue weighted by Crippen LogP contribution is 2.52. The van der Waals surface area contributed by atoms with Crippen LogP contribution in [0.5, 0.6) is 0 Å². The Kier molecular flexibility index (Phi) is 6.80. The van der Waals surface area contributed by atoms with E-state index in [-0.39, 0.29) is 0 Å². The molecule has 0 aromatic heterocycles. The molecule has 0 heterocycles. The van der Waals surface area contributed by atoms with Crippen LogP contribution >= 0.6 is 22.6 Å². The van der Waals surface area contributed by atoms with Crippen molar-refractivity contribution in [3.63, 3.8) is 0 Å². The van der Waals surface area contributed by atoms with Gasteiger partial charge in [-0.25, -0.2) is 0 Å². The molecule has 1 aliphatic rings. The van der Waals surface area contributed by atoms with Gasteiger partial charge in [-0.1, -0.05) is 69.2 Å². The monoisotopic (exact) mass is 408 g/mol. The van der Waals surface area contributed by atoms with E-state index >= 15 is 0 Å². The highest BCUT2D eigenvalue weighted by Gasteiger charge is 2.48. The molecule has 0 saturated heterocycles. The van der Waals surface area contributed by atoms with Crippen molar-refractivity contribution in [2.24, 2.45) is 5.41 Å². The lowest BCUT2D eigenvalue weighted by Gasteiger charge is -2.51. The van der Waals surface area contributed by atoms with Crippen LogP contribution in [0.2, 0.25) is 18.1 Å². The summed E-state index contributed by atoms with van der Waals surface area (Å²) in [5.41, 5.74) is 0.473. The van der Waals surface area contributed by atoms with Crippen molar-refractivity contribution in [3.05, 3.63) is 10.2 Å². The Morgan fingerprint density at radius 1 is 1.30 bits per heavy atom. The van der Waals surface area contributed by atoms with E-state index in [0.717, 1.165) is 6.42 Å². The Bertz CT molecular complexity index is 326. The molecule has 1 atom stereocenters. The van der Waals surface area contributed by atoms with Gasteiger partial charge in [0.05, 0.1) is 6.10 Å². The summed E-state index contributed by atoms with van der Waals surface area (Å²) in [6.45, 7) is 14.1. The van der Waals surface area contributed by atoms with Crippen molar-refractivity contribution in [1.82, 2.24) is 0 Å². The Labute approximate surface area is 141 Å². The summed E-state index contributed by atoms with van der Waals surface area (Å²) >= 11 is 2.33. The van der Waals surface area contributed by atoms with Gasteiger partial charge in [0.25, 0.3) is 0 Å². The summed E-state index contributed by atoms with van der Waals surface area (Å²) in [4.78, 5) is 0. The molecule has 0 aliphatic heterocycles. The van der Waals surface area contributed by atoms with Crippen molar-refractivity contribution in [2.45, 2.75) is 90.5 Å². The maximum absolute atomic E-state index is 6.85. The van der Waals surface area contributed by atoms with Crippen LogP contribution in [0, 0.1) is 5.41 Å². The lowest BCUT2D eigenvalue weighted by Crippen LogP contribution is -2.51. The number of hydrogen-bond donors (Lipinski definition) is 0. The summed E-state index contributed by atoms with van der Waals surface area (Å²) in [6, 6.07) is 0. The van der Waals surface area contributed by atoms with Gasteiger partial charge in [0, 0.05) is 0 Å². The normalized spacial score (nSPS) is 20.9. The molecule has 0 aromatic carbocycles. The van der Waals surface area contributed by atoms with Crippen LogP contribution in [0.3, 0.4) is 0 Å². The first-order valence-corrected chi connectivity index (χ1v) is 12.3. The van der Waals surface area contributed by atoms with E-state index in [0.29, 0.717) is 16.6 Å². The van der Waals surface area contributed by atoms with E-state index in [1.165, 1.54) is 32.1 Å². The minimum Gasteiger partial charge on any atom is -0.413 e. The molecule has 118 valence electrons. The number of rotatable bonds is 7. The lowest BCUT2D eigenvalue weighted by molar-refractivity contribution is -0.0313. The second kappa shape index (κ2) is 7.27. The zero-order valence-corrected chi connectivity index (χ0v) is 17.4. The fraction of sp³-hybridized carbons (Fsp3) is 0.882. The second-order valence-corrected chi connectivity index (χ2v) is 13.4. The molecule has 1 unspecified atom stereocenters. The molecule has 1 nitrogen and oxygen atoms in total. The molecular weight excluding hydrogens is 375 g/mol. The van der Waals surface area contributed by atoms with E-state index in [1.807, 2.05) is 0 Å². The van der Waals surface area contributed by atoms with Gasteiger partial charge in [0.15, 0.2) is 8.32 Å². The topological polar surface area (TPSA) is 9.23 Å². The van der Waals surface area contributed by atoms with Crippen LogP contribution < -0.4 is 0 Å². The largest absolute Gasteiger partial charge is 0.413 e. The summed E-state index contributed by atoms with van der Waals surface area (Å²) in [5, 5.41) is 0.302. The molecule has 1 saturated carbocycles. The van der Waals surface area contributed by atoms with Crippen LogP contribution in [-0.2, 0) is 4.43 Å². The van der Waals surface area contributed by atoms with Crippen molar-refractivity contribution >= 4 is 30.9 Å². The highest BCUT2D eigenvalue weighted by atomic mass is 127. The number of halogens is 1. The zero-order chi connectivity index (χ0) is 15.4. The molecule has 0 aromatic rings. The molecule has 0 spiro atoms. The molecule has 0 bridgehead atoms. The van der Waals surface area contributed by atoms with Crippen LogP contribution in [0.15, 0.2) is 10.2 Å². The number of hydrogen-bond acceptors (Lipinski definition) is 1. The first-order valence-electron chi connectivity index (χ1n) is 8.11. The fourth-order valence-electron chi connectivity index (χ4n) is 2.99. The van der Waals surface area contributed by atoms with Gasteiger partial charge in [-0.3, -0.25) is 0 Å². The first-order chi connectivity index (χ1) is 9.18. The quantitative estimate of drug-likeness (QED) is 0.337. The maximum atomic E-state index is 6.85. The Hall–Kier alpha value is 0.647. The summed E-state index contributed by atoms with van der Waals surface area (Å²) in [7, 11) is -1.68. The average Bonchev–Trinajstić information content (AvgIpc) is 2.27. The molecule has 0 N–H and O–H groups in total. The van der Waals surface area contributed by atoms with Crippen LogP contribution in [0.4, 0.5) is 0 Å². The van der Waals surface area contributed by atoms with Crippen molar-refractivity contribution < 1.29 is 4.43 Å². The van der Waals surface area contributed by atoms with E-state index in [4.69, 9.17) is 4.43 Å². The SMILES string of the molecule is CCCC1(C(C/C=C\I)O[Si](C)(C)C(C)(C)C)CCC1. The Morgan fingerprint density at radius 3 is 2.25 bits per heavy atom. The molecular formula is C17H33IOSi. The fourth-order valence-corrected chi connectivity index (χ4v) is 4.70. The molecule has 20 heavy (non-hydrogen) atoms. The summed E-state index contributed by atoms with van der Waals surface area (Å²) in [5.74, 6) is 0. The van der Waals surface area contributed by atoms with Gasteiger partial charge in [0.2, 0.25) is 0 Å². The van der Waals surface area contributed by atoms with Gasteiger partial charge < -0.3 is 4.43 Å². The molecule has 1 rings (SSSR count). The lowest BCUT2D eigenvalue weighted by atomic mass is 9.62. The van der Waals surface area contributed by atoms with E-state index < -0.39 is 8.32 Å². The molecule has 0 radical (unpaired) electrons. The van der Waals surface area contributed by atoms with Crippen LogP contribution in [-0.4, -0.2) is 14.4 Å². The third-order valence-corrected chi connectivity index (χ3v) is 10.5. The van der Waals surface area contributed by atoms with Crippen molar-refractivity contribution in [3.8, 4) is 0 Å². The second-order valence-electron chi connectivity index (χ2n) is 7.93. The van der Waals surface area contributed by atoms with Gasteiger partial charge in [-0.05, 0) is 53.3 Å². The van der Waals surface area contributed by atoms with Gasteiger partial charge >= 0.3 is 0 Å². The Morgan fingerprint density at radius 2 is 1.90 bits per heavy atom. The summed E-state index contributed by atoms with van der Waals surface area (Å²) in [6.07, 6.45) is 10.6. The molecule has 1 aliphatic carbocycles. The van der Waals surface area contributed by atoms with E-state index in [1.54, 1.807) is 0 Å². The molecule has 0 amide bonds. The predicted octanol–water partition coefficient (Wildman–Crippen LogP) is 6.69. The van der Waals surface area contributed by atoms with Crippen LogP contribution in [0.25, 0.3) is 0 Å². The van der Waals surface area contributed by atoms with E-state index in [2.05, 4.69) is 73.5 Å². The van der Waals surface area contributed by atoms with E-state index in [9.17, 15) is 0 Å². The third-order valence-electron chi connectivity index (χ3n) is 5.46. The standard InChI is InChI=1S/C17H33IOSi/c1-7-11-17(12-9-13-17)15(10-8-14-18)19-20(5,6)16(2,3)4/h8,14-15H,7,9-13H2,1-6H3/b14-8-. The van der Waals surface area contributed by atoms with Crippen molar-refractivity contribution in [1.29, 1.82) is 0 Å². The Balaban J connectivity index is 2.89. The molecule has 3 heteroatoms. The minimum atomic E-state index is -1.68. The first kappa shape index (κ1) is 18.7. The van der Waals surface area contributed by atoms with Crippen LogP contribution in [0.1, 0.15) is 66.2 Å². The molecule has 1 fully saturated rings. The van der Waals surface area contributed by atoms with Gasteiger partial charge in [-0.15, -0.1) is 0 Å². The van der Waals surface area contributed by atoms with Gasteiger partial charge in [0.1, 0.15) is 0 Å². The maximum Gasteiger partial charge on any atom is 0.192 e. The van der Waals surface area contributed by atoms with Crippen molar-refractivity contribution in [2.75, 3.05) is 0 Å². The predicted molar refractivity (Wildman–Crippen MR) is 101 cm³/mol. The third kappa shape index (κ3) is 4.32. The van der Waals surface area contributed by atoms with Gasteiger partial charge in [-0.2, -0.15) is 0 Å². The average molecular weight is 408 g/mol. The highest BCUT2D eigenvalue weighted by molar-refractivity contribution is 14.1. The summed E-state index contributed by atoms with van der Waals surface area (Å²) < 4.78 is 9.00. The zero-order valence-electron chi connectivity index (χ0n) is 14.3. The smallest absolute Gasteiger partial charge is 0.192 e. The minimum absolute atomic E-state index is 0.302.